The number of nitrogens with zero attached hydrogens (tertiary/aromatic N) is 6. The second-order valence-corrected chi connectivity index (χ2v) is 9.00. The SMILES string of the molecule is Cn1nnnc1SCC1=C(C(=O)O)N2C(=O)C(NC(C(=O)O)c3cc[n+]([O-])cc3)C2SC1. The van der Waals surface area contributed by atoms with Crippen molar-refractivity contribution in [3.8, 4) is 0 Å². The smallest absolute Gasteiger partial charge is 0.352 e. The van der Waals surface area contributed by atoms with Crippen LogP contribution in [0.3, 0.4) is 0 Å². The van der Waals surface area contributed by atoms with Crippen LogP contribution in [0.25, 0.3) is 0 Å². The van der Waals surface area contributed by atoms with Crippen LogP contribution in [0.15, 0.2) is 41.0 Å². The van der Waals surface area contributed by atoms with Gasteiger partial charge >= 0.3 is 11.9 Å². The van der Waals surface area contributed by atoms with Gasteiger partial charge in [-0.2, -0.15) is 4.73 Å². The van der Waals surface area contributed by atoms with E-state index in [1.165, 1.54) is 57.6 Å². The molecule has 13 nitrogen and oxygen atoms in total. The third-order valence-corrected chi connectivity index (χ3v) is 7.40. The molecule has 4 rings (SSSR count). The molecule has 15 heteroatoms. The molecule has 0 bridgehead atoms. The first-order chi connectivity index (χ1) is 15.3. The lowest BCUT2D eigenvalue weighted by Gasteiger charge is -2.50. The number of amides is 1. The van der Waals surface area contributed by atoms with E-state index in [4.69, 9.17) is 0 Å². The molecule has 1 saturated heterocycles. The number of carbonyl (C=O) groups excluding carboxylic acids is 1. The Morgan fingerprint density at radius 3 is 2.72 bits per heavy atom. The number of tetrazole rings is 1. The molecular weight excluding hydrogens is 462 g/mol. The second-order valence-electron chi connectivity index (χ2n) is 6.95. The number of rotatable bonds is 8. The van der Waals surface area contributed by atoms with Crippen molar-refractivity contribution in [2.75, 3.05) is 11.5 Å². The normalized spacial score (nSPS) is 21.2. The van der Waals surface area contributed by atoms with Gasteiger partial charge in [0, 0.05) is 30.7 Å². The summed E-state index contributed by atoms with van der Waals surface area (Å²) in [6, 6.07) is 0.595. The summed E-state index contributed by atoms with van der Waals surface area (Å²) in [6.45, 7) is 0. The number of fused-ring (bicyclic) bond motifs is 1. The van der Waals surface area contributed by atoms with Gasteiger partial charge in [-0.15, -0.1) is 16.9 Å². The summed E-state index contributed by atoms with van der Waals surface area (Å²) in [4.78, 5) is 37.8. The van der Waals surface area contributed by atoms with Crippen LogP contribution in [0.5, 0.6) is 0 Å². The molecule has 1 amide bonds. The predicted molar refractivity (Wildman–Crippen MR) is 110 cm³/mol. The highest BCUT2D eigenvalue weighted by atomic mass is 32.2. The number of β-lactam (4-membered cyclic amide) rings is 1. The van der Waals surface area contributed by atoms with E-state index in [2.05, 4.69) is 20.8 Å². The predicted octanol–water partition coefficient (Wildman–Crippen LogP) is -1.03. The lowest BCUT2D eigenvalue weighted by atomic mass is 10.00. The van der Waals surface area contributed by atoms with Crippen molar-refractivity contribution < 1.29 is 29.3 Å². The van der Waals surface area contributed by atoms with Crippen LogP contribution in [0, 0.1) is 5.21 Å². The summed E-state index contributed by atoms with van der Waals surface area (Å²) in [6.07, 6.45) is 2.33. The van der Waals surface area contributed by atoms with Crippen LogP contribution >= 0.6 is 23.5 Å². The largest absolute Gasteiger partial charge is 0.619 e. The van der Waals surface area contributed by atoms with Crippen molar-refractivity contribution in [1.29, 1.82) is 0 Å². The molecular formula is C17H17N7O6S2. The molecule has 0 aromatic carbocycles. The molecule has 1 fully saturated rings. The standard InChI is InChI=1S/C17H17N7O6S2/c1-22-17(19-20-21-22)32-7-9-6-31-14-11(13(25)24(14)12(9)16(28)29)18-10(15(26)27)8-2-4-23(30)5-3-8/h2-5,10-11,14,18H,6-7H2,1H3,(H,26,27)(H,28,29). The zero-order valence-corrected chi connectivity index (χ0v) is 18.1. The van der Waals surface area contributed by atoms with Crippen molar-refractivity contribution >= 4 is 41.4 Å². The molecule has 3 N–H and O–H groups in total. The maximum Gasteiger partial charge on any atom is 0.352 e. The summed E-state index contributed by atoms with van der Waals surface area (Å²) in [7, 11) is 1.66. The Hall–Kier alpha value is -3.17. The van der Waals surface area contributed by atoms with E-state index in [9.17, 15) is 29.8 Å². The van der Waals surface area contributed by atoms with Crippen molar-refractivity contribution in [3.63, 3.8) is 0 Å². The van der Waals surface area contributed by atoms with Crippen LogP contribution in [0.1, 0.15) is 11.6 Å². The number of aromatic nitrogens is 5. The molecule has 32 heavy (non-hydrogen) atoms. The maximum absolute atomic E-state index is 12.8. The van der Waals surface area contributed by atoms with Crippen LogP contribution in [0.2, 0.25) is 0 Å². The molecule has 4 heterocycles. The van der Waals surface area contributed by atoms with Crippen molar-refractivity contribution in [2.24, 2.45) is 7.05 Å². The van der Waals surface area contributed by atoms with E-state index in [-0.39, 0.29) is 11.4 Å². The minimum Gasteiger partial charge on any atom is -0.619 e. The molecule has 2 aromatic rings. The summed E-state index contributed by atoms with van der Waals surface area (Å²) < 4.78 is 1.99. The highest BCUT2D eigenvalue weighted by Gasteiger charge is 2.54. The van der Waals surface area contributed by atoms with E-state index >= 15 is 0 Å². The van der Waals surface area contributed by atoms with Gasteiger partial charge in [0.1, 0.15) is 23.2 Å². The first-order valence-corrected chi connectivity index (χ1v) is 11.2. The van der Waals surface area contributed by atoms with Gasteiger partial charge < -0.3 is 15.4 Å². The number of hydrogen-bond donors (Lipinski definition) is 3. The van der Waals surface area contributed by atoms with Crippen LogP contribution in [0.4, 0.5) is 0 Å². The third-order valence-electron chi connectivity index (χ3n) is 4.96. The van der Waals surface area contributed by atoms with E-state index in [0.29, 0.717) is 26.8 Å². The fourth-order valence-electron chi connectivity index (χ4n) is 3.42. The fraction of sp³-hybridized carbons (Fsp3) is 0.353. The van der Waals surface area contributed by atoms with E-state index < -0.39 is 35.3 Å². The fourth-order valence-corrected chi connectivity index (χ4v) is 5.76. The van der Waals surface area contributed by atoms with Gasteiger partial charge in [0.25, 0.3) is 0 Å². The number of hydrogen-bond acceptors (Lipinski definition) is 10. The average molecular weight is 480 g/mol. The first-order valence-electron chi connectivity index (χ1n) is 9.20. The lowest BCUT2D eigenvalue weighted by Crippen LogP contribution is -2.70. The number of thioether (sulfide) groups is 2. The number of aryl methyl sites for hydroxylation is 1. The van der Waals surface area contributed by atoms with Crippen LogP contribution in [-0.2, 0) is 21.4 Å². The van der Waals surface area contributed by atoms with Crippen molar-refractivity contribution in [2.45, 2.75) is 22.6 Å². The summed E-state index contributed by atoms with van der Waals surface area (Å²) in [5, 5.41) is 44.5. The first kappa shape index (κ1) is 22.0. The number of nitrogens with one attached hydrogen (secondary N) is 1. The molecule has 0 saturated carbocycles. The van der Waals surface area contributed by atoms with E-state index in [0.717, 1.165) is 0 Å². The van der Waals surface area contributed by atoms with E-state index in [1.807, 2.05) is 0 Å². The van der Waals surface area contributed by atoms with Crippen molar-refractivity contribution in [3.05, 3.63) is 46.6 Å². The zero-order chi connectivity index (χ0) is 23.0. The molecule has 0 radical (unpaired) electrons. The van der Waals surface area contributed by atoms with Gasteiger partial charge in [0.2, 0.25) is 11.1 Å². The number of carbonyl (C=O) groups is 3. The van der Waals surface area contributed by atoms with Crippen molar-refractivity contribution in [1.82, 2.24) is 30.4 Å². The Morgan fingerprint density at radius 1 is 1.41 bits per heavy atom. The summed E-state index contributed by atoms with van der Waals surface area (Å²) >= 11 is 2.61. The Labute approximate surface area is 189 Å². The molecule has 2 aliphatic rings. The Balaban J connectivity index is 1.52. The minimum atomic E-state index is -1.23. The number of carboxylic acid groups (broad SMARTS) is 2. The summed E-state index contributed by atoms with van der Waals surface area (Å²) in [5.74, 6) is -2.33. The molecule has 2 aliphatic heterocycles. The van der Waals surface area contributed by atoms with Gasteiger partial charge in [-0.3, -0.25) is 19.8 Å². The van der Waals surface area contributed by atoms with Gasteiger partial charge in [0.15, 0.2) is 12.4 Å². The Bertz CT molecular complexity index is 1110. The van der Waals surface area contributed by atoms with Gasteiger partial charge in [-0.05, 0) is 21.6 Å². The van der Waals surface area contributed by atoms with Crippen LogP contribution in [-0.4, -0.2) is 76.1 Å². The molecule has 3 atom stereocenters. The number of carboxylic acids is 2. The topological polar surface area (TPSA) is 177 Å². The molecule has 0 aliphatic carbocycles. The molecule has 0 spiro atoms. The van der Waals surface area contributed by atoms with Gasteiger partial charge in [0.05, 0.1) is 0 Å². The monoisotopic (exact) mass is 479 g/mol. The highest BCUT2D eigenvalue weighted by Crippen LogP contribution is 2.42. The quantitative estimate of drug-likeness (QED) is 0.182. The van der Waals surface area contributed by atoms with Gasteiger partial charge in [-0.25, -0.2) is 9.48 Å². The maximum atomic E-state index is 12.8. The zero-order valence-electron chi connectivity index (χ0n) is 16.5. The Morgan fingerprint density at radius 2 is 2.12 bits per heavy atom. The Kier molecular flexibility index (Phi) is 6.03. The number of pyridine rings is 1. The highest BCUT2D eigenvalue weighted by molar-refractivity contribution is 8.01. The van der Waals surface area contributed by atoms with Crippen LogP contribution < -0.4 is 10.0 Å². The molecule has 168 valence electrons. The minimum absolute atomic E-state index is 0.0987. The molecule has 2 aromatic heterocycles. The van der Waals surface area contributed by atoms with E-state index in [1.54, 1.807) is 7.05 Å². The number of aliphatic carboxylic acids is 2. The lowest BCUT2D eigenvalue weighted by molar-refractivity contribution is -0.605. The third kappa shape index (κ3) is 4.01. The second kappa shape index (κ2) is 8.76. The summed E-state index contributed by atoms with van der Waals surface area (Å²) in [5.41, 5.74) is 0.759. The molecule has 3 unspecified atom stereocenters. The average Bonchev–Trinajstić information content (AvgIpc) is 3.17. The van der Waals surface area contributed by atoms with Gasteiger partial charge in [-0.1, -0.05) is 11.8 Å².